The number of nitrogens with two attached hydrogens (primary N) is 1. The number of hydrogen-bond donors (Lipinski definition) is 2. The molecule has 11 nitrogen and oxygen atoms in total. The van der Waals surface area contributed by atoms with Gasteiger partial charge in [0.1, 0.15) is 18.0 Å². The molecule has 12 heteroatoms. The molecule has 3 N–H and O–H groups in total. The van der Waals surface area contributed by atoms with Crippen LogP contribution in [0, 0.1) is 0 Å². The maximum Gasteiger partial charge on any atom is 0.338 e. The molecule has 41 heavy (non-hydrogen) atoms. The number of methoxy groups -OCH3 is 2. The van der Waals surface area contributed by atoms with Crippen LogP contribution in [0.1, 0.15) is 39.1 Å². The number of nitrogens with zero attached hydrogens (tertiary/aromatic N) is 3. The Morgan fingerprint density at radius 3 is 2.59 bits per heavy atom. The van der Waals surface area contributed by atoms with Crippen molar-refractivity contribution in [3.05, 3.63) is 52.0 Å². The largest absolute Gasteiger partial charge is 0.480 e. The van der Waals surface area contributed by atoms with Crippen LogP contribution in [0.3, 0.4) is 0 Å². The number of carbonyl (C=O) groups excluding carboxylic acids is 2. The van der Waals surface area contributed by atoms with Crippen LogP contribution < -0.4 is 15.8 Å². The minimum atomic E-state index is -0.332. The molecule has 2 atom stereocenters. The zero-order valence-electron chi connectivity index (χ0n) is 23.8. The second-order valence-corrected chi connectivity index (χ2v) is 10.7. The molecule has 4 rings (SSSR count). The molecule has 0 saturated carbocycles. The summed E-state index contributed by atoms with van der Waals surface area (Å²) >= 11 is 6.08. The van der Waals surface area contributed by atoms with Gasteiger partial charge in [-0.2, -0.15) is 4.98 Å². The Morgan fingerprint density at radius 1 is 1.12 bits per heavy atom. The number of pyridine rings is 1. The van der Waals surface area contributed by atoms with Crippen molar-refractivity contribution in [3.63, 3.8) is 0 Å². The van der Waals surface area contributed by atoms with Crippen molar-refractivity contribution in [1.82, 2.24) is 20.1 Å². The third-order valence-corrected chi connectivity index (χ3v) is 7.85. The number of likely N-dealkylation sites (tertiary alicyclic amines) is 1. The average molecular weight is 590 g/mol. The van der Waals surface area contributed by atoms with E-state index >= 15 is 0 Å². The summed E-state index contributed by atoms with van der Waals surface area (Å²) in [6.45, 7) is 6.75. The first-order chi connectivity index (χ1) is 19.9. The van der Waals surface area contributed by atoms with Crippen LogP contribution in [0.4, 0.5) is 5.82 Å². The quantitative estimate of drug-likeness (QED) is 0.356. The number of aromatic nitrogens is 1. The Hall–Kier alpha value is -2.96. The van der Waals surface area contributed by atoms with Crippen LogP contribution in [0.2, 0.25) is 5.02 Å². The normalized spacial score (nSPS) is 20.0. The summed E-state index contributed by atoms with van der Waals surface area (Å²) in [4.78, 5) is 34.0. The zero-order chi connectivity index (χ0) is 29.2. The molecule has 1 aromatic heterocycles. The summed E-state index contributed by atoms with van der Waals surface area (Å²) in [5.74, 6) is -0.387. The number of halogens is 1. The van der Waals surface area contributed by atoms with E-state index in [1.54, 1.807) is 7.11 Å². The van der Waals surface area contributed by atoms with Gasteiger partial charge in [0.05, 0.1) is 43.1 Å². The van der Waals surface area contributed by atoms with E-state index in [0.717, 1.165) is 65.2 Å². The predicted molar refractivity (Wildman–Crippen MR) is 156 cm³/mol. The lowest BCUT2D eigenvalue weighted by molar-refractivity contribution is 0.00615. The Morgan fingerprint density at radius 2 is 1.88 bits per heavy atom. The highest BCUT2D eigenvalue weighted by atomic mass is 35.5. The van der Waals surface area contributed by atoms with Crippen LogP contribution in [0.5, 0.6) is 5.88 Å². The predicted octanol–water partition coefficient (Wildman–Crippen LogP) is 2.27. The molecule has 0 radical (unpaired) electrons. The molecule has 2 aliphatic heterocycles. The van der Waals surface area contributed by atoms with Gasteiger partial charge in [0, 0.05) is 39.8 Å². The molecule has 0 bridgehead atoms. The number of amides is 1. The van der Waals surface area contributed by atoms with Gasteiger partial charge in [0.15, 0.2) is 0 Å². The third kappa shape index (κ3) is 8.76. The van der Waals surface area contributed by atoms with E-state index in [4.69, 9.17) is 36.3 Å². The van der Waals surface area contributed by atoms with Crippen LogP contribution >= 0.6 is 11.6 Å². The van der Waals surface area contributed by atoms with E-state index in [2.05, 4.69) is 20.1 Å². The molecule has 224 valence electrons. The third-order valence-electron chi connectivity index (χ3n) is 7.54. The Balaban J connectivity index is 1.19. The highest BCUT2D eigenvalue weighted by Crippen LogP contribution is 2.25. The van der Waals surface area contributed by atoms with E-state index in [-0.39, 0.29) is 46.3 Å². The van der Waals surface area contributed by atoms with Gasteiger partial charge in [-0.25, -0.2) is 4.79 Å². The molecule has 3 heterocycles. The van der Waals surface area contributed by atoms with Crippen LogP contribution in [-0.4, -0.2) is 112 Å². The number of nitrogens with one attached hydrogen (secondary N) is 1. The van der Waals surface area contributed by atoms with Crippen LogP contribution in [-0.2, 0) is 20.6 Å². The van der Waals surface area contributed by atoms with Gasteiger partial charge in [-0.05, 0) is 49.6 Å². The minimum Gasteiger partial charge on any atom is -0.480 e. The number of ether oxygens (including phenoxy) is 4. The number of carbonyl (C=O) groups is 2. The van der Waals surface area contributed by atoms with Gasteiger partial charge in [0.2, 0.25) is 5.88 Å². The van der Waals surface area contributed by atoms with Crippen LogP contribution in [0.25, 0.3) is 0 Å². The van der Waals surface area contributed by atoms with Crippen molar-refractivity contribution in [1.29, 1.82) is 0 Å². The number of piperidine rings is 1. The summed E-state index contributed by atoms with van der Waals surface area (Å²) in [5, 5.41) is 3.25. The van der Waals surface area contributed by atoms with Gasteiger partial charge in [-0.1, -0.05) is 23.7 Å². The van der Waals surface area contributed by atoms with Crippen molar-refractivity contribution in [3.8, 4) is 5.88 Å². The van der Waals surface area contributed by atoms with Gasteiger partial charge in [0.25, 0.3) is 5.91 Å². The molecule has 2 unspecified atom stereocenters. The number of morpholine rings is 1. The molecule has 1 amide bonds. The van der Waals surface area contributed by atoms with Crippen molar-refractivity contribution >= 4 is 29.3 Å². The van der Waals surface area contributed by atoms with Gasteiger partial charge in [-0.3, -0.25) is 9.69 Å². The van der Waals surface area contributed by atoms with Crippen molar-refractivity contribution in [2.45, 2.75) is 31.4 Å². The Labute approximate surface area is 246 Å². The average Bonchev–Trinajstić information content (AvgIpc) is 2.99. The second-order valence-electron chi connectivity index (χ2n) is 10.2. The maximum atomic E-state index is 13.0. The summed E-state index contributed by atoms with van der Waals surface area (Å²) in [6.07, 6.45) is 2.43. The summed E-state index contributed by atoms with van der Waals surface area (Å²) < 4.78 is 21.7. The van der Waals surface area contributed by atoms with Crippen molar-refractivity contribution in [2.24, 2.45) is 0 Å². The standard InChI is InChI=1S/C29H40ClN5O6/c1-38-25-19-35(11-9-24(25)32-27(36)22-18-23(30)26(31)33-28(22)39-2)10-3-4-20-5-7-21(8-6-20)29(37)41-17-14-34-12-15-40-16-13-34/h5-8,18,24-25H,3-4,9-17,19H2,1-2H3,(H2,31,33)(H,32,36). The highest BCUT2D eigenvalue weighted by Gasteiger charge is 2.31. The second kappa shape index (κ2) is 15.3. The number of benzene rings is 1. The van der Waals surface area contributed by atoms with Crippen molar-refractivity contribution in [2.75, 3.05) is 79.0 Å². The fourth-order valence-corrected chi connectivity index (χ4v) is 5.28. The lowest BCUT2D eigenvalue weighted by Gasteiger charge is -2.38. The van der Waals surface area contributed by atoms with Crippen LogP contribution in [0.15, 0.2) is 30.3 Å². The number of nitrogen functional groups attached to an aromatic ring is 1. The Bertz CT molecular complexity index is 1160. The lowest BCUT2D eigenvalue weighted by atomic mass is 10.00. The molecule has 2 fully saturated rings. The molecule has 1 aromatic carbocycles. The van der Waals surface area contributed by atoms with E-state index in [0.29, 0.717) is 18.7 Å². The molecule has 0 aliphatic carbocycles. The SMILES string of the molecule is COc1nc(N)c(Cl)cc1C(=O)NC1CCN(CCCc2ccc(C(=O)OCCN3CCOCC3)cc2)CC1OC. The molecular weight excluding hydrogens is 550 g/mol. The smallest absolute Gasteiger partial charge is 0.338 e. The summed E-state index contributed by atoms with van der Waals surface area (Å²) in [5.41, 5.74) is 7.71. The summed E-state index contributed by atoms with van der Waals surface area (Å²) in [6, 6.07) is 8.96. The van der Waals surface area contributed by atoms with E-state index in [9.17, 15) is 9.59 Å². The molecule has 0 spiro atoms. The number of anilines is 1. The van der Waals surface area contributed by atoms with Crippen molar-refractivity contribution < 1.29 is 28.5 Å². The minimum absolute atomic E-state index is 0.108. The Kier molecular flexibility index (Phi) is 11.6. The number of hydrogen-bond acceptors (Lipinski definition) is 10. The molecule has 2 aliphatic rings. The van der Waals surface area contributed by atoms with Gasteiger partial charge < -0.3 is 34.9 Å². The van der Waals surface area contributed by atoms with E-state index in [1.807, 2.05) is 24.3 Å². The fraction of sp³-hybridized carbons (Fsp3) is 0.552. The monoisotopic (exact) mass is 589 g/mol. The maximum absolute atomic E-state index is 13.0. The first-order valence-corrected chi connectivity index (χ1v) is 14.4. The summed E-state index contributed by atoms with van der Waals surface area (Å²) in [7, 11) is 3.09. The number of esters is 1. The molecular formula is C29H40ClN5O6. The van der Waals surface area contributed by atoms with E-state index < -0.39 is 0 Å². The highest BCUT2D eigenvalue weighted by molar-refractivity contribution is 6.33. The van der Waals surface area contributed by atoms with Gasteiger partial charge >= 0.3 is 5.97 Å². The molecule has 2 aromatic rings. The molecule has 2 saturated heterocycles. The van der Waals surface area contributed by atoms with Gasteiger partial charge in [-0.15, -0.1) is 0 Å². The topological polar surface area (TPSA) is 128 Å². The number of aryl methyl sites for hydroxylation is 1. The zero-order valence-corrected chi connectivity index (χ0v) is 24.5. The van der Waals surface area contributed by atoms with E-state index in [1.165, 1.54) is 18.7 Å². The number of rotatable bonds is 12. The fourth-order valence-electron chi connectivity index (χ4n) is 5.13. The first-order valence-electron chi connectivity index (χ1n) is 14.0. The lowest BCUT2D eigenvalue weighted by Crippen LogP contribution is -2.55. The first kappa shape index (κ1) is 31.0.